The van der Waals surface area contributed by atoms with E-state index >= 15 is 0 Å². The van der Waals surface area contributed by atoms with Gasteiger partial charge in [-0.25, -0.2) is 8.42 Å². The molecule has 3 aromatic rings. The minimum Gasteiger partial charge on any atom is -0.442 e. The van der Waals surface area contributed by atoms with Crippen LogP contribution in [0.3, 0.4) is 0 Å². The number of anilines is 1. The predicted molar refractivity (Wildman–Crippen MR) is 132 cm³/mol. The van der Waals surface area contributed by atoms with Gasteiger partial charge >= 0.3 is 0 Å². The Morgan fingerprint density at radius 1 is 1.00 bits per heavy atom. The van der Waals surface area contributed by atoms with E-state index in [9.17, 15) is 13.2 Å². The molecule has 10 heteroatoms. The van der Waals surface area contributed by atoms with Crippen LogP contribution in [0.5, 0.6) is 0 Å². The van der Waals surface area contributed by atoms with Crippen molar-refractivity contribution in [3.8, 4) is 11.5 Å². The summed E-state index contributed by atoms with van der Waals surface area (Å²) >= 11 is 0. The van der Waals surface area contributed by atoms with Gasteiger partial charge in [-0.1, -0.05) is 12.1 Å². The Labute approximate surface area is 205 Å². The molecule has 2 fully saturated rings. The molecule has 0 aliphatic carbocycles. The quantitative estimate of drug-likeness (QED) is 0.581. The van der Waals surface area contributed by atoms with Crippen LogP contribution >= 0.6 is 0 Å². The summed E-state index contributed by atoms with van der Waals surface area (Å²) in [5, 5.41) is 6.54. The lowest BCUT2D eigenvalue weighted by molar-refractivity contribution is -0.137. The van der Waals surface area contributed by atoms with Crippen LogP contribution in [0.15, 0.2) is 52.1 Å². The van der Waals surface area contributed by atoms with Crippen molar-refractivity contribution in [1.82, 2.24) is 19.4 Å². The van der Waals surface area contributed by atoms with Crippen LogP contribution in [-0.4, -0.2) is 73.0 Å². The van der Waals surface area contributed by atoms with E-state index in [-0.39, 0.29) is 16.9 Å². The number of piperidine rings is 1. The summed E-state index contributed by atoms with van der Waals surface area (Å²) in [5.74, 6) is 0.416. The molecule has 2 aliphatic heterocycles. The molecule has 35 heavy (non-hydrogen) atoms. The number of amides is 1. The van der Waals surface area contributed by atoms with E-state index in [1.54, 1.807) is 18.3 Å². The van der Waals surface area contributed by atoms with Crippen LogP contribution in [0.1, 0.15) is 24.0 Å². The molecular weight excluding hydrogens is 466 g/mol. The molecule has 1 amide bonds. The Bertz CT molecular complexity index is 1290. The van der Waals surface area contributed by atoms with Crippen molar-refractivity contribution in [3.05, 3.63) is 53.7 Å². The molecule has 2 aliphatic rings. The molecular formula is C25H31N5O4S. The second-order valence-corrected chi connectivity index (χ2v) is 11.2. The van der Waals surface area contributed by atoms with Crippen LogP contribution in [0, 0.1) is 19.8 Å². The Kier molecular flexibility index (Phi) is 6.41. The van der Waals surface area contributed by atoms with Crippen molar-refractivity contribution in [2.45, 2.75) is 31.8 Å². The van der Waals surface area contributed by atoms with Crippen LogP contribution in [0.4, 0.5) is 5.69 Å². The number of carbonyl (C=O) groups is 1. The summed E-state index contributed by atoms with van der Waals surface area (Å²) < 4.78 is 33.2. The van der Waals surface area contributed by atoms with Crippen LogP contribution in [-0.2, 0) is 14.8 Å². The number of H-pyrrole nitrogens is 1. The molecule has 0 bridgehead atoms. The normalized spacial score (nSPS) is 18.2. The van der Waals surface area contributed by atoms with Gasteiger partial charge in [-0.15, -0.1) is 0 Å². The molecule has 186 valence electrons. The summed E-state index contributed by atoms with van der Waals surface area (Å²) in [6, 6.07) is 11.3. The first-order valence-electron chi connectivity index (χ1n) is 12.0. The summed E-state index contributed by atoms with van der Waals surface area (Å²) in [6.45, 7) is 7.82. The number of benzene rings is 1. The number of aromatic amines is 1. The number of aryl methyl sites for hydroxylation is 2. The highest BCUT2D eigenvalue weighted by molar-refractivity contribution is 7.89. The monoisotopic (exact) mass is 497 g/mol. The standard InChI is InChI=1S/C25H31N5O4S/c1-18-3-4-19(2)22(17-18)28-13-15-29(16-14-28)25(31)20-8-11-30(12-9-20)35(32,33)24-6-5-23(34-24)21-7-10-26-27-21/h3-7,10,17,20H,8-9,11-16H2,1-2H3,(H,26,27). The van der Waals surface area contributed by atoms with E-state index in [4.69, 9.17) is 4.42 Å². The molecule has 2 aromatic heterocycles. The lowest BCUT2D eigenvalue weighted by atomic mass is 9.96. The predicted octanol–water partition coefficient (Wildman–Crippen LogP) is 3.04. The van der Waals surface area contributed by atoms with Gasteiger partial charge in [0.05, 0.1) is 0 Å². The second-order valence-electron chi connectivity index (χ2n) is 9.37. The largest absolute Gasteiger partial charge is 0.442 e. The third kappa shape index (κ3) is 4.72. The van der Waals surface area contributed by atoms with Crippen molar-refractivity contribution in [1.29, 1.82) is 0 Å². The van der Waals surface area contributed by atoms with Crippen molar-refractivity contribution >= 4 is 21.6 Å². The fourth-order valence-corrected chi connectivity index (χ4v) is 6.33. The number of aromatic nitrogens is 2. The summed E-state index contributed by atoms with van der Waals surface area (Å²) in [4.78, 5) is 17.5. The van der Waals surface area contributed by atoms with Crippen LogP contribution < -0.4 is 4.90 Å². The van der Waals surface area contributed by atoms with E-state index in [2.05, 4.69) is 47.1 Å². The van der Waals surface area contributed by atoms with Gasteiger partial charge in [-0.2, -0.15) is 9.40 Å². The van der Waals surface area contributed by atoms with Crippen molar-refractivity contribution in [2.75, 3.05) is 44.2 Å². The Hall–Kier alpha value is -3.11. The zero-order chi connectivity index (χ0) is 24.6. The molecule has 4 heterocycles. The average Bonchev–Trinajstić information content (AvgIpc) is 3.58. The first kappa shape index (κ1) is 23.6. The maximum atomic E-state index is 13.2. The molecule has 0 unspecified atom stereocenters. The lowest BCUT2D eigenvalue weighted by Gasteiger charge is -2.39. The van der Waals surface area contributed by atoms with Gasteiger partial charge in [0, 0.05) is 57.1 Å². The fraction of sp³-hybridized carbons (Fsp3) is 0.440. The fourth-order valence-electron chi connectivity index (χ4n) is 4.95. The number of piperazine rings is 1. The van der Waals surface area contributed by atoms with E-state index in [0.29, 0.717) is 50.5 Å². The molecule has 1 N–H and O–H groups in total. The molecule has 0 radical (unpaired) electrons. The first-order chi connectivity index (χ1) is 16.8. The summed E-state index contributed by atoms with van der Waals surface area (Å²) in [6.07, 6.45) is 2.62. The average molecular weight is 498 g/mol. The second kappa shape index (κ2) is 9.50. The van der Waals surface area contributed by atoms with E-state index < -0.39 is 10.0 Å². The van der Waals surface area contributed by atoms with Gasteiger partial charge in [0.15, 0.2) is 5.76 Å². The van der Waals surface area contributed by atoms with E-state index in [1.807, 2.05) is 4.90 Å². The third-order valence-electron chi connectivity index (χ3n) is 7.04. The minimum atomic E-state index is -3.75. The maximum Gasteiger partial charge on any atom is 0.276 e. The summed E-state index contributed by atoms with van der Waals surface area (Å²) in [7, 11) is -3.75. The third-order valence-corrected chi connectivity index (χ3v) is 8.81. The molecule has 0 atom stereocenters. The van der Waals surface area contributed by atoms with Crippen molar-refractivity contribution in [2.24, 2.45) is 5.92 Å². The number of hydrogen-bond donors (Lipinski definition) is 1. The number of nitrogens with zero attached hydrogens (tertiary/aromatic N) is 4. The van der Waals surface area contributed by atoms with E-state index in [1.165, 1.54) is 27.2 Å². The topological polar surface area (TPSA) is 103 Å². The van der Waals surface area contributed by atoms with Gasteiger partial charge < -0.3 is 14.2 Å². The van der Waals surface area contributed by atoms with E-state index in [0.717, 1.165) is 13.1 Å². The number of nitrogens with one attached hydrogen (secondary N) is 1. The number of hydrogen-bond acceptors (Lipinski definition) is 6. The molecule has 2 saturated heterocycles. The first-order valence-corrected chi connectivity index (χ1v) is 13.5. The molecule has 9 nitrogen and oxygen atoms in total. The highest BCUT2D eigenvalue weighted by Gasteiger charge is 2.36. The molecule has 0 saturated carbocycles. The number of carbonyl (C=O) groups excluding carboxylic acids is 1. The Morgan fingerprint density at radius 2 is 1.74 bits per heavy atom. The maximum absolute atomic E-state index is 13.2. The van der Waals surface area contributed by atoms with Crippen LogP contribution in [0.2, 0.25) is 0 Å². The van der Waals surface area contributed by atoms with Gasteiger partial charge in [0.2, 0.25) is 11.0 Å². The highest BCUT2D eigenvalue weighted by atomic mass is 32.2. The smallest absolute Gasteiger partial charge is 0.276 e. The van der Waals surface area contributed by atoms with Gasteiger partial charge in [-0.05, 0) is 62.1 Å². The van der Waals surface area contributed by atoms with Gasteiger partial charge in [-0.3, -0.25) is 9.89 Å². The SMILES string of the molecule is Cc1ccc(C)c(N2CCN(C(=O)C3CCN(S(=O)(=O)c4ccc(-c5ccn[nH]5)o4)CC3)CC2)c1. The highest BCUT2D eigenvalue weighted by Crippen LogP contribution is 2.29. The summed E-state index contributed by atoms with van der Waals surface area (Å²) in [5.41, 5.74) is 4.34. The minimum absolute atomic E-state index is 0.0885. The Morgan fingerprint density at radius 3 is 2.43 bits per heavy atom. The van der Waals surface area contributed by atoms with Gasteiger partial charge in [0.25, 0.3) is 10.0 Å². The van der Waals surface area contributed by atoms with Crippen LogP contribution in [0.25, 0.3) is 11.5 Å². The molecule has 0 spiro atoms. The number of sulfonamides is 1. The molecule has 5 rings (SSSR count). The van der Waals surface area contributed by atoms with Crippen molar-refractivity contribution < 1.29 is 17.6 Å². The number of rotatable bonds is 5. The van der Waals surface area contributed by atoms with Crippen molar-refractivity contribution in [3.63, 3.8) is 0 Å². The lowest BCUT2D eigenvalue weighted by Crippen LogP contribution is -2.52. The van der Waals surface area contributed by atoms with Gasteiger partial charge in [0.1, 0.15) is 5.69 Å². The zero-order valence-electron chi connectivity index (χ0n) is 20.1. The zero-order valence-corrected chi connectivity index (χ0v) is 20.9. The molecule has 1 aromatic carbocycles. The Balaban J connectivity index is 1.16. The number of furan rings is 1.